The number of sulfonamides is 1. The van der Waals surface area contributed by atoms with Gasteiger partial charge >= 0.3 is 0 Å². The van der Waals surface area contributed by atoms with E-state index in [1.165, 1.54) is 17.0 Å². The van der Waals surface area contributed by atoms with Gasteiger partial charge in [0.1, 0.15) is 0 Å². The number of hydrogen-bond donors (Lipinski definition) is 1. The molecule has 0 aliphatic rings. The SMILES string of the molecule is O=S(=O)(NCCSCc1cccs1)c1ccc(Cl)cc1. The Balaban J connectivity index is 1.76. The molecule has 1 N–H and O–H groups in total. The summed E-state index contributed by atoms with van der Waals surface area (Å²) in [5.74, 6) is 1.66. The maximum absolute atomic E-state index is 12.0. The summed E-state index contributed by atoms with van der Waals surface area (Å²) in [4.78, 5) is 1.54. The molecule has 0 atom stereocenters. The van der Waals surface area contributed by atoms with Gasteiger partial charge in [-0.3, -0.25) is 0 Å². The predicted octanol–water partition coefficient (Wildman–Crippen LogP) is 3.61. The highest BCUT2D eigenvalue weighted by Crippen LogP contribution is 2.17. The summed E-state index contributed by atoms with van der Waals surface area (Å²) in [6.45, 7) is 0.418. The lowest BCUT2D eigenvalue weighted by Crippen LogP contribution is -2.26. The molecular weight excluding hydrogens is 334 g/mol. The van der Waals surface area contributed by atoms with Gasteiger partial charge in [-0.25, -0.2) is 13.1 Å². The first-order chi connectivity index (χ1) is 9.58. The highest BCUT2D eigenvalue weighted by Gasteiger charge is 2.12. The summed E-state index contributed by atoms with van der Waals surface area (Å²) in [7, 11) is -3.43. The second-order valence-corrected chi connectivity index (χ2v) is 8.32. The van der Waals surface area contributed by atoms with E-state index in [9.17, 15) is 8.42 Å². The van der Waals surface area contributed by atoms with Gasteiger partial charge in [-0.1, -0.05) is 17.7 Å². The Morgan fingerprint density at radius 1 is 1.20 bits per heavy atom. The van der Waals surface area contributed by atoms with Crippen LogP contribution in [0.2, 0.25) is 5.02 Å². The van der Waals surface area contributed by atoms with Crippen LogP contribution in [0.15, 0.2) is 46.7 Å². The van der Waals surface area contributed by atoms with Crippen LogP contribution in [0.25, 0.3) is 0 Å². The van der Waals surface area contributed by atoms with Crippen LogP contribution in [0.5, 0.6) is 0 Å². The van der Waals surface area contributed by atoms with Gasteiger partial charge in [0.15, 0.2) is 0 Å². The first kappa shape index (κ1) is 15.9. The van der Waals surface area contributed by atoms with E-state index in [1.807, 2.05) is 11.4 Å². The third-order valence-electron chi connectivity index (χ3n) is 2.49. The molecule has 0 saturated carbocycles. The number of rotatable bonds is 7. The van der Waals surface area contributed by atoms with Gasteiger partial charge < -0.3 is 0 Å². The molecule has 0 aliphatic carbocycles. The standard InChI is InChI=1S/C13H14ClNO2S3/c14-11-3-5-13(6-4-11)20(16,17)15-7-9-18-10-12-2-1-8-19-12/h1-6,8,15H,7,9-10H2. The first-order valence-corrected chi connectivity index (χ1v) is 9.83. The van der Waals surface area contributed by atoms with Crippen LogP contribution < -0.4 is 4.72 Å². The van der Waals surface area contributed by atoms with Crippen molar-refractivity contribution in [2.24, 2.45) is 0 Å². The Bertz CT molecular complexity index is 624. The molecule has 0 aliphatic heterocycles. The van der Waals surface area contributed by atoms with E-state index in [-0.39, 0.29) is 4.90 Å². The molecule has 3 nitrogen and oxygen atoms in total. The van der Waals surface area contributed by atoms with E-state index in [0.717, 1.165) is 11.5 Å². The van der Waals surface area contributed by atoms with Crippen molar-refractivity contribution in [3.8, 4) is 0 Å². The Morgan fingerprint density at radius 3 is 2.60 bits per heavy atom. The average molecular weight is 348 g/mol. The van der Waals surface area contributed by atoms with Crippen molar-refractivity contribution >= 4 is 44.7 Å². The van der Waals surface area contributed by atoms with E-state index in [4.69, 9.17) is 11.6 Å². The Hall–Kier alpha value is -0.530. The van der Waals surface area contributed by atoms with Crippen LogP contribution in [0.3, 0.4) is 0 Å². The molecule has 2 rings (SSSR count). The molecule has 0 unspecified atom stereocenters. The minimum Gasteiger partial charge on any atom is -0.210 e. The first-order valence-electron chi connectivity index (χ1n) is 5.93. The van der Waals surface area contributed by atoms with Gasteiger partial charge in [-0.2, -0.15) is 11.8 Å². The molecule has 108 valence electrons. The molecule has 1 aromatic carbocycles. The Labute approximate surface area is 132 Å². The van der Waals surface area contributed by atoms with Gasteiger partial charge in [0.2, 0.25) is 10.0 Å². The topological polar surface area (TPSA) is 46.2 Å². The third-order valence-corrected chi connectivity index (χ3v) is 6.28. The summed E-state index contributed by atoms with van der Waals surface area (Å²) in [6.07, 6.45) is 0. The lowest BCUT2D eigenvalue weighted by molar-refractivity contribution is 0.584. The summed E-state index contributed by atoms with van der Waals surface area (Å²) >= 11 is 9.16. The zero-order valence-corrected chi connectivity index (χ0v) is 13.8. The number of nitrogens with one attached hydrogen (secondary N) is 1. The lowest BCUT2D eigenvalue weighted by atomic mass is 10.4. The number of benzene rings is 1. The van der Waals surface area contributed by atoms with E-state index in [1.54, 1.807) is 35.2 Å². The van der Waals surface area contributed by atoms with Crippen molar-refractivity contribution in [1.29, 1.82) is 0 Å². The summed E-state index contributed by atoms with van der Waals surface area (Å²) in [5.41, 5.74) is 0. The molecule has 20 heavy (non-hydrogen) atoms. The van der Waals surface area contributed by atoms with E-state index in [2.05, 4.69) is 10.8 Å². The third kappa shape index (κ3) is 4.79. The molecular formula is C13H14ClNO2S3. The zero-order chi connectivity index (χ0) is 14.4. The van der Waals surface area contributed by atoms with E-state index >= 15 is 0 Å². The quantitative estimate of drug-likeness (QED) is 0.778. The minimum atomic E-state index is -3.43. The van der Waals surface area contributed by atoms with Crippen molar-refractivity contribution in [3.63, 3.8) is 0 Å². The number of thiophene rings is 1. The molecule has 0 amide bonds. The van der Waals surface area contributed by atoms with Crippen LogP contribution in [0.1, 0.15) is 4.88 Å². The molecule has 0 radical (unpaired) electrons. The number of halogens is 1. The molecule has 1 heterocycles. The molecule has 0 saturated heterocycles. The fourth-order valence-corrected chi connectivity index (χ4v) is 4.50. The highest BCUT2D eigenvalue weighted by molar-refractivity contribution is 7.98. The Kier molecular flexibility index (Phi) is 5.92. The Morgan fingerprint density at radius 2 is 1.95 bits per heavy atom. The van der Waals surface area contributed by atoms with Crippen LogP contribution >= 0.6 is 34.7 Å². The van der Waals surface area contributed by atoms with Crippen molar-refractivity contribution in [3.05, 3.63) is 51.7 Å². The second-order valence-electron chi connectivity index (χ2n) is 3.98. The fraction of sp³-hybridized carbons (Fsp3) is 0.231. The zero-order valence-electron chi connectivity index (χ0n) is 10.6. The maximum atomic E-state index is 12.0. The number of thioether (sulfide) groups is 1. The lowest BCUT2D eigenvalue weighted by Gasteiger charge is -2.06. The van der Waals surface area contributed by atoms with Gasteiger partial charge in [0, 0.05) is 28.0 Å². The largest absolute Gasteiger partial charge is 0.240 e. The minimum absolute atomic E-state index is 0.241. The summed E-state index contributed by atoms with van der Waals surface area (Å²) in [5, 5.41) is 2.56. The number of hydrogen-bond acceptors (Lipinski definition) is 4. The summed E-state index contributed by atoms with van der Waals surface area (Å²) < 4.78 is 26.5. The molecule has 0 fully saturated rings. The van der Waals surface area contributed by atoms with Crippen LogP contribution in [0.4, 0.5) is 0 Å². The smallest absolute Gasteiger partial charge is 0.210 e. The van der Waals surface area contributed by atoms with Gasteiger partial charge in [0.05, 0.1) is 4.90 Å². The summed E-state index contributed by atoms with van der Waals surface area (Å²) in [6, 6.07) is 10.2. The highest BCUT2D eigenvalue weighted by atomic mass is 35.5. The predicted molar refractivity (Wildman–Crippen MR) is 87.1 cm³/mol. The van der Waals surface area contributed by atoms with Crippen LogP contribution in [0, 0.1) is 0 Å². The average Bonchev–Trinajstić information content (AvgIpc) is 2.92. The molecule has 2 aromatic rings. The van der Waals surface area contributed by atoms with E-state index in [0.29, 0.717) is 11.6 Å². The monoisotopic (exact) mass is 347 g/mol. The van der Waals surface area contributed by atoms with Crippen LogP contribution in [-0.4, -0.2) is 20.7 Å². The van der Waals surface area contributed by atoms with Gasteiger partial charge in [0.25, 0.3) is 0 Å². The van der Waals surface area contributed by atoms with Gasteiger partial charge in [-0.05, 0) is 35.7 Å². The van der Waals surface area contributed by atoms with Crippen molar-refractivity contribution in [2.75, 3.05) is 12.3 Å². The fourth-order valence-electron chi connectivity index (χ4n) is 1.51. The van der Waals surface area contributed by atoms with Crippen molar-refractivity contribution in [1.82, 2.24) is 4.72 Å². The van der Waals surface area contributed by atoms with E-state index < -0.39 is 10.0 Å². The normalized spacial score (nSPS) is 11.7. The van der Waals surface area contributed by atoms with Gasteiger partial charge in [-0.15, -0.1) is 11.3 Å². The second kappa shape index (κ2) is 7.47. The van der Waals surface area contributed by atoms with Crippen molar-refractivity contribution in [2.45, 2.75) is 10.6 Å². The molecule has 0 spiro atoms. The van der Waals surface area contributed by atoms with Crippen molar-refractivity contribution < 1.29 is 8.42 Å². The molecule has 0 bridgehead atoms. The maximum Gasteiger partial charge on any atom is 0.240 e. The van der Waals surface area contributed by atoms with Crippen LogP contribution in [-0.2, 0) is 15.8 Å². The molecule has 7 heteroatoms. The molecule has 1 aromatic heterocycles.